The van der Waals surface area contributed by atoms with Crippen LogP contribution in [0.1, 0.15) is 37.8 Å². The molecule has 0 saturated carbocycles. The van der Waals surface area contributed by atoms with Crippen molar-refractivity contribution in [1.82, 2.24) is 0 Å². The Labute approximate surface area is 98.8 Å². The van der Waals surface area contributed by atoms with E-state index in [1.807, 2.05) is 6.92 Å². The normalized spacial score (nSPS) is 15.1. The first kappa shape index (κ1) is 13.2. The number of hydrogen-bond acceptors (Lipinski definition) is 2. The lowest BCUT2D eigenvalue weighted by atomic mass is 9.98. The number of benzene rings is 1. The summed E-state index contributed by atoms with van der Waals surface area (Å²) in [6.45, 7) is 6.41. The van der Waals surface area contributed by atoms with E-state index in [1.165, 1.54) is 11.1 Å². The van der Waals surface area contributed by atoms with Gasteiger partial charge in [0.1, 0.15) is 0 Å². The quantitative estimate of drug-likeness (QED) is 0.829. The van der Waals surface area contributed by atoms with Gasteiger partial charge in [-0.1, -0.05) is 38.1 Å². The van der Waals surface area contributed by atoms with Crippen LogP contribution in [-0.2, 0) is 11.2 Å². The monoisotopic (exact) mass is 221 g/mol. The van der Waals surface area contributed by atoms with Crippen LogP contribution in [0.25, 0.3) is 0 Å². The number of hydrogen-bond donors (Lipinski definition) is 1. The molecule has 2 nitrogen and oxygen atoms in total. The first-order valence-corrected chi connectivity index (χ1v) is 5.91. The minimum absolute atomic E-state index is 0.0647. The Morgan fingerprint density at radius 2 is 1.69 bits per heavy atom. The third kappa shape index (κ3) is 3.62. The van der Waals surface area contributed by atoms with Gasteiger partial charge in [-0.05, 0) is 30.4 Å². The zero-order valence-corrected chi connectivity index (χ0v) is 10.7. The molecule has 0 bridgehead atoms. The minimum atomic E-state index is 0.0647. The van der Waals surface area contributed by atoms with Crippen LogP contribution >= 0.6 is 0 Å². The minimum Gasteiger partial charge on any atom is -0.380 e. The van der Waals surface area contributed by atoms with Crippen LogP contribution in [0, 0.1) is 0 Å². The Bertz CT molecular complexity index is 305. The highest BCUT2D eigenvalue weighted by atomic mass is 16.5. The van der Waals surface area contributed by atoms with Gasteiger partial charge in [-0.3, -0.25) is 0 Å². The number of methoxy groups -OCH3 is 1. The van der Waals surface area contributed by atoms with Crippen molar-refractivity contribution < 1.29 is 4.74 Å². The molecule has 0 saturated heterocycles. The summed E-state index contributed by atoms with van der Waals surface area (Å²) in [5.74, 6) is 0.584. The summed E-state index contributed by atoms with van der Waals surface area (Å²) in [7, 11) is 1.70. The van der Waals surface area contributed by atoms with E-state index in [1.54, 1.807) is 7.11 Å². The summed E-state index contributed by atoms with van der Waals surface area (Å²) in [5.41, 5.74) is 8.68. The number of rotatable bonds is 5. The highest BCUT2D eigenvalue weighted by molar-refractivity contribution is 5.25. The van der Waals surface area contributed by atoms with Crippen molar-refractivity contribution in [2.24, 2.45) is 5.73 Å². The van der Waals surface area contributed by atoms with Crippen molar-refractivity contribution in [3.63, 3.8) is 0 Å². The zero-order valence-electron chi connectivity index (χ0n) is 10.7. The molecule has 0 aliphatic rings. The van der Waals surface area contributed by atoms with Crippen LogP contribution in [0.5, 0.6) is 0 Å². The molecule has 2 heteroatoms. The van der Waals surface area contributed by atoms with Gasteiger partial charge in [0.15, 0.2) is 0 Å². The molecule has 0 aliphatic heterocycles. The molecule has 0 heterocycles. The van der Waals surface area contributed by atoms with Gasteiger partial charge in [0.2, 0.25) is 0 Å². The van der Waals surface area contributed by atoms with E-state index in [-0.39, 0.29) is 12.1 Å². The summed E-state index contributed by atoms with van der Waals surface area (Å²) < 4.78 is 5.22. The predicted molar refractivity (Wildman–Crippen MR) is 68.7 cm³/mol. The summed E-state index contributed by atoms with van der Waals surface area (Å²) in [5, 5.41) is 0. The van der Waals surface area contributed by atoms with Gasteiger partial charge in [-0.25, -0.2) is 0 Å². The molecule has 1 aromatic carbocycles. The standard InChI is InChI=1S/C14H23NO/c1-10(2)13-7-5-12(6-8-13)9-14(15)11(3)16-4/h5-8,10-11,14H,9,15H2,1-4H3. The number of ether oxygens (including phenoxy) is 1. The second kappa shape index (κ2) is 6.02. The summed E-state index contributed by atoms with van der Waals surface area (Å²) in [6.07, 6.45) is 0.970. The van der Waals surface area contributed by atoms with Crippen molar-refractivity contribution >= 4 is 0 Å². The van der Waals surface area contributed by atoms with E-state index in [0.717, 1.165) is 6.42 Å². The molecule has 0 spiro atoms. The maximum atomic E-state index is 6.03. The lowest BCUT2D eigenvalue weighted by molar-refractivity contribution is 0.0956. The number of nitrogens with two attached hydrogens (primary N) is 1. The smallest absolute Gasteiger partial charge is 0.0697 e. The highest BCUT2D eigenvalue weighted by Gasteiger charge is 2.12. The van der Waals surface area contributed by atoms with Gasteiger partial charge in [-0.15, -0.1) is 0 Å². The molecule has 0 aromatic heterocycles. The van der Waals surface area contributed by atoms with Gasteiger partial charge >= 0.3 is 0 Å². The molecule has 16 heavy (non-hydrogen) atoms. The molecule has 2 N–H and O–H groups in total. The van der Waals surface area contributed by atoms with Gasteiger partial charge < -0.3 is 10.5 Å². The summed E-state index contributed by atoms with van der Waals surface area (Å²) in [6, 6.07) is 8.76. The fraction of sp³-hybridized carbons (Fsp3) is 0.571. The Hall–Kier alpha value is -0.860. The van der Waals surface area contributed by atoms with Crippen LogP contribution < -0.4 is 5.73 Å². The van der Waals surface area contributed by atoms with Gasteiger partial charge in [0, 0.05) is 13.2 Å². The molecule has 0 fully saturated rings. The van der Waals surface area contributed by atoms with Crippen molar-refractivity contribution in [3.8, 4) is 0 Å². The predicted octanol–water partition coefficient (Wildman–Crippen LogP) is 2.71. The zero-order chi connectivity index (χ0) is 12.1. The van der Waals surface area contributed by atoms with Crippen LogP contribution in [0.4, 0.5) is 0 Å². The first-order chi connectivity index (χ1) is 7.54. The molecule has 0 amide bonds. The summed E-state index contributed by atoms with van der Waals surface area (Å²) >= 11 is 0. The second-order valence-corrected chi connectivity index (χ2v) is 4.71. The van der Waals surface area contributed by atoms with Gasteiger partial charge in [0.25, 0.3) is 0 Å². The van der Waals surface area contributed by atoms with Gasteiger partial charge in [0.05, 0.1) is 6.10 Å². The molecular formula is C14H23NO. The van der Waals surface area contributed by atoms with E-state index < -0.39 is 0 Å². The average molecular weight is 221 g/mol. The van der Waals surface area contributed by atoms with Crippen molar-refractivity contribution in [1.29, 1.82) is 0 Å². The van der Waals surface area contributed by atoms with Crippen LogP contribution in [0.2, 0.25) is 0 Å². The Kier molecular flexibility index (Phi) is 4.97. The average Bonchev–Trinajstić information content (AvgIpc) is 2.28. The Morgan fingerprint density at radius 3 is 2.12 bits per heavy atom. The molecule has 1 aromatic rings. The second-order valence-electron chi connectivity index (χ2n) is 4.71. The van der Waals surface area contributed by atoms with Crippen molar-refractivity contribution in [2.75, 3.05) is 7.11 Å². The van der Waals surface area contributed by atoms with Crippen molar-refractivity contribution in [3.05, 3.63) is 35.4 Å². The van der Waals surface area contributed by atoms with Crippen LogP contribution in [-0.4, -0.2) is 19.3 Å². The summed E-state index contributed by atoms with van der Waals surface area (Å²) in [4.78, 5) is 0. The fourth-order valence-electron chi connectivity index (χ4n) is 1.65. The SMILES string of the molecule is COC(C)C(N)Cc1ccc(C(C)C)cc1. The van der Waals surface area contributed by atoms with E-state index in [2.05, 4.69) is 38.1 Å². The third-order valence-corrected chi connectivity index (χ3v) is 3.09. The molecule has 1 rings (SSSR count). The largest absolute Gasteiger partial charge is 0.380 e. The molecule has 90 valence electrons. The van der Waals surface area contributed by atoms with Crippen LogP contribution in [0.15, 0.2) is 24.3 Å². The Morgan fingerprint density at radius 1 is 1.12 bits per heavy atom. The lowest BCUT2D eigenvalue weighted by Crippen LogP contribution is -2.35. The molecular weight excluding hydrogens is 198 g/mol. The Balaban J connectivity index is 2.61. The molecule has 0 radical (unpaired) electrons. The van der Waals surface area contributed by atoms with Crippen LogP contribution in [0.3, 0.4) is 0 Å². The fourth-order valence-corrected chi connectivity index (χ4v) is 1.65. The van der Waals surface area contributed by atoms with Crippen molar-refractivity contribution in [2.45, 2.75) is 45.3 Å². The van der Waals surface area contributed by atoms with E-state index in [4.69, 9.17) is 10.5 Å². The maximum absolute atomic E-state index is 6.03. The lowest BCUT2D eigenvalue weighted by Gasteiger charge is -2.18. The van der Waals surface area contributed by atoms with E-state index in [9.17, 15) is 0 Å². The topological polar surface area (TPSA) is 35.2 Å². The molecule has 2 unspecified atom stereocenters. The van der Waals surface area contributed by atoms with Gasteiger partial charge in [-0.2, -0.15) is 0 Å². The third-order valence-electron chi connectivity index (χ3n) is 3.09. The van der Waals surface area contributed by atoms with E-state index in [0.29, 0.717) is 5.92 Å². The van der Waals surface area contributed by atoms with E-state index >= 15 is 0 Å². The highest BCUT2D eigenvalue weighted by Crippen LogP contribution is 2.15. The maximum Gasteiger partial charge on any atom is 0.0697 e. The molecule has 0 aliphatic carbocycles. The first-order valence-electron chi connectivity index (χ1n) is 5.91. The molecule has 2 atom stereocenters.